The molecule has 0 aromatic carbocycles. The van der Waals surface area contributed by atoms with Gasteiger partial charge in [0.25, 0.3) is 0 Å². The third-order valence-corrected chi connectivity index (χ3v) is 12.0. The minimum absolute atomic E-state index is 0.0574. The Morgan fingerprint density at radius 1 is 0.407 bits per heavy atom. The molecule has 0 aliphatic rings. The zero-order valence-corrected chi connectivity index (χ0v) is 37.1. The lowest BCUT2D eigenvalue weighted by Gasteiger charge is -2.15. The van der Waals surface area contributed by atoms with Gasteiger partial charge in [-0.3, -0.25) is 9.59 Å². The van der Waals surface area contributed by atoms with E-state index in [0.29, 0.717) is 12.8 Å². The highest BCUT2D eigenvalue weighted by Gasteiger charge is 2.16. The van der Waals surface area contributed by atoms with Crippen molar-refractivity contribution in [1.82, 2.24) is 0 Å². The molecule has 5 nitrogen and oxygen atoms in total. The first-order valence-corrected chi connectivity index (χ1v) is 24.4. The first-order chi connectivity index (χ1) is 26.4. The van der Waals surface area contributed by atoms with Gasteiger partial charge in [0.05, 0.1) is 6.61 Å². The maximum atomic E-state index is 12.2. The number of ether oxygens (including phenoxy) is 2. The van der Waals surface area contributed by atoms with Gasteiger partial charge in [0.15, 0.2) is 6.10 Å². The number of unbranched alkanes of at least 4 members (excludes halogenated alkanes) is 30. The molecule has 322 valence electrons. The summed E-state index contributed by atoms with van der Waals surface area (Å²) in [5.74, 6) is 1.25. The van der Waals surface area contributed by atoms with Crippen molar-refractivity contribution < 1.29 is 24.2 Å². The van der Waals surface area contributed by atoms with Crippen LogP contribution in [0.15, 0.2) is 0 Å². The molecule has 0 fully saturated rings. The number of rotatable bonds is 44. The summed E-state index contributed by atoms with van der Waals surface area (Å²) in [4.78, 5) is 24.4. The van der Waals surface area contributed by atoms with Gasteiger partial charge in [-0.05, 0) is 24.7 Å². The first kappa shape index (κ1) is 52.9. The Hall–Kier alpha value is -1.10. The summed E-state index contributed by atoms with van der Waals surface area (Å²) in [6.07, 6.45) is 47.4. The summed E-state index contributed by atoms with van der Waals surface area (Å²) in [6, 6.07) is 0. The Bertz CT molecular complexity index is 769. The largest absolute Gasteiger partial charge is 0.462 e. The average Bonchev–Trinajstić information content (AvgIpc) is 3.18. The maximum absolute atomic E-state index is 12.2. The summed E-state index contributed by atoms with van der Waals surface area (Å²) < 4.78 is 10.7. The topological polar surface area (TPSA) is 72.8 Å². The number of esters is 2. The van der Waals surface area contributed by atoms with Crippen LogP contribution in [0.1, 0.15) is 272 Å². The molecule has 0 aromatic heterocycles. The second kappa shape index (κ2) is 43.0. The Balaban J connectivity index is 3.45. The van der Waals surface area contributed by atoms with Crippen molar-refractivity contribution in [1.29, 1.82) is 0 Å². The number of aliphatic hydroxyl groups is 1. The van der Waals surface area contributed by atoms with E-state index < -0.39 is 6.10 Å². The fraction of sp³-hybridized carbons (Fsp3) is 0.959. The fourth-order valence-electron chi connectivity index (χ4n) is 7.51. The third-order valence-electron chi connectivity index (χ3n) is 12.0. The van der Waals surface area contributed by atoms with E-state index in [1.54, 1.807) is 0 Å². The highest BCUT2D eigenvalue weighted by atomic mass is 16.6. The van der Waals surface area contributed by atoms with Crippen molar-refractivity contribution in [3.05, 3.63) is 0 Å². The highest BCUT2D eigenvalue weighted by molar-refractivity contribution is 5.70. The molecule has 0 amide bonds. The molecule has 0 saturated heterocycles. The molecule has 5 heteroatoms. The van der Waals surface area contributed by atoms with Gasteiger partial charge in [-0.25, -0.2) is 0 Å². The predicted molar refractivity (Wildman–Crippen MR) is 233 cm³/mol. The zero-order chi connectivity index (χ0) is 39.6. The van der Waals surface area contributed by atoms with Gasteiger partial charge >= 0.3 is 11.9 Å². The van der Waals surface area contributed by atoms with Gasteiger partial charge < -0.3 is 14.6 Å². The van der Waals surface area contributed by atoms with Crippen LogP contribution >= 0.6 is 0 Å². The lowest BCUT2D eigenvalue weighted by molar-refractivity contribution is -0.161. The smallest absolute Gasteiger partial charge is 0.306 e. The molecule has 0 spiro atoms. The number of hydrogen-bond donors (Lipinski definition) is 1. The van der Waals surface area contributed by atoms with Crippen LogP contribution < -0.4 is 0 Å². The van der Waals surface area contributed by atoms with E-state index in [-0.39, 0.29) is 25.2 Å². The Kier molecular flexibility index (Phi) is 42.2. The van der Waals surface area contributed by atoms with Crippen LogP contribution in [0, 0.1) is 11.8 Å². The van der Waals surface area contributed by atoms with E-state index in [0.717, 1.165) is 43.9 Å². The quantitative estimate of drug-likeness (QED) is 0.0494. The van der Waals surface area contributed by atoms with Crippen molar-refractivity contribution in [3.8, 4) is 0 Å². The van der Waals surface area contributed by atoms with Crippen LogP contribution in [0.5, 0.6) is 0 Å². The zero-order valence-electron chi connectivity index (χ0n) is 37.1. The normalized spacial score (nSPS) is 13.2. The average molecular weight is 765 g/mol. The molecule has 3 atom stereocenters. The molecule has 0 aromatic rings. The molecule has 54 heavy (non-hydrogen) atoms. The van der Waals surface area contributed by atoms with Crippen LogP contribution in [-0.4, -0.2) is 36.4 Å². The maximum Gasteiger partial charge on any atom is 0.306 e. The molecule has 2 unspecified atom stereocenters. The Morgan fingerprint density at radius 2 is 0.667 bits per heavy atom. The minimum atomic E-state index is -0.764. The van der Waals surface area contributed by atoms with Crippen molar-refractivity contribution in [2.24, 2.45) is 11.8 Å². The van der Waals surface area contributed by atoms with Crippen LogP contribution in [0.25, 0.3) is 0 Å². The van der Waals surface area contributed by atoms with Crippen LogP contribution in [0.3, 0.4) is 0 Å². The number of aliphatic hydroxyl groups excluding tert-OH is 1. The molecular weight excluding hydrogens is 669 g/mol. The van der Waals surface area contributed by atoms with Gasteiger partial charge in [0, 0.05) is 12.8 Å². The summed E-state index contributed by atoms with van der Waals surface area (Å²) in [5, 5.41) is 9.61. The number of carbonyl (C=O) groups is 2. The number of carbonyl (C=O) groups excluding carboxylic acids is 2. The standard InChI is InChI=1S/C49H96O5/c1-5-45(3)39-35-31-27-23-19-15-11-9-7-8-10-12-18-22-26-30-34-38-42-49(52)54-47(43-50)44-53-48(51)41-37-33-29-25-21-17-14-13-16-20-24-28-32-36-40-46(4)6-2/h45-47,50H,5-44H2,1-4H3/t45?,46?,47-/m0/s1. The molecule has 0 heterocycles. The first-order valence-electron chi connectivity index (χ1n) is 24.4. The van der Waals surface area contributed by atoms with E-state index >= 15 is 0 Å². The van der Waals surface area contributed by atoms with Gasteiger partial charge in [0.2, 0.25) is 0 Å². The van der Waals surface area contributed by atoms with Crippen molar-refractivity contribution in [3.63, 3.8) is 0 Å². The lowest BCUT2D eigenvalue weighted by atomic mass is 9.99. The Morgan fingerprint density at radius 3 is 0.944 bits per heavy atom. The third kappa shape index (κ3) is 40.6. The van der Waals surface area contributed by atoms with Crippen molar-refractivity contribution >= 4 is 11.9 Å². The van der Waals surface area contributed by atoms with Crippen molar-refractivity contribution in [2.75, 3.05) is 13.2 Å². The molecule has 0 rings (SSSR count). The van der Waals surface area contributed by atoms with Gasteiger partial charge in [-0.2, -0.15) is 0 Å². The molecule has 0 aliphatic heterocycles. The lowest BCUT2D eigenvalue weighted by Crippen LogP contribution is -2.28. The molecule has 0 aliphatic carbocycles. The van der Waals surface area contributed by atoms with Crippen LogP contribution in [0.4, 0.5) is 0 Å². The fourth-order valence-corrected chi connectivity index (χ4v) is 7.51. The summed E-state index contributed by atoms with van der Waals surface area (Å²) >= 11 is 0. The van der Waals surface area contributed by atoms with Gasteiger partial charge in [-0.1, -0.05) is 246 Å². The predicted octanol–water partition coefficient (Wildman–Crippen LogP) is 15.6. The summed E-state index contributed by atoms with van der Waals surface area (Å²) in [7, 11) is 0. The molecule has 0 saturated carbocycles. The van der Waals surface area contributed by atoms with Gasteiger partial charge in [-0.15, -0.1) is 0 Å². The van der Waals surface area contributed by atoms with Gasteiger partial charge in [0.1, 0.15) is 6.61 Å². The summed E-state index contributed by atoms with van der Waals surface area (Å²) in [6.45, 7) is 8.98. The minimum Gasteiger partial charge on any atom is -0.462 e. The van der Waals surface area contributed by atoms with E-state index in [1.807, 2.05) is 0 Å². The molecule has 1 N–H and O–H groups in total. The molecular formula is C49H96O5. The summed E-state index contributed by atoms with van der Waals surface area (Å²) in [5.41, 5.74) is 0. The highest BCUT2D eigenvalue weighted by Crippen LogP contribution is 2.18. The molecule has 0 bridgehead atoms. The van der Waals surface area contributed by atoms with E-state index in [4.69, 9.17) is 9.47 Å². The second-order valence-electron chi connectivity index (χ2n) is 17.4. The monoisotopic (exact) mass is 765 g/mol. The number of hydrogen-bond acceptors (Lipinski definition) is 5. The van der Waals surface area contributed by atoms with E-state index in [1.165, 1.54) is 199 Å². The Labute approximate surface area is 338 Å². The second-order valence-corrected chi connectivity index (χ2v) is 17.4. The van der Waals surface area contributed by atoms with Crippen LogP contribution in [0.2, 0.25) is 0 Å². The van der Waals surface area contributed by atoms with E-state index in [2.05, 4.69) is 27.7 Å². The van der Waals surface area contributed by atoms with E-state index in [9.17, 15) is 14.7 Å². The SMILES string of the molecule is CCC(C)CCCCCCCCCCCCCCCCCCCCC(=O)O[C@@H](CO)COC(=O)CCCCCCCCCCCCCCCCC(C)CC. The molecule has 0 radical (unpaired) electrons. The van der Waals surface area contributed by atoms with Crippen LogP contribution in [-0.2, 0) is 19.1 Å². The van der Waals surface area contributed by atoms with Crippen molar-refractivity contribution in [2.45, 2.75) is 278 Å².